The normalized spacial score (nSPS) is 13.0. The first-order valence-electron chi connectivity index (χ1n) is 4.19. The second kappa shape index (κ2) is 4.46. The molecule has 0 amide bonds. The minimum absolute atomic E-state index is 0.424. The van der Waals surface area contributed by atoms with Gasteiger partial charge >= 0.3 is 0 Å². The molecule has 0 aromatic carbocycles. The van der Waals surface area contributed by atoms with E-state index in [9.17, 15) is 5.11 Å². The van der Waals surface area contributed by atoms with Gasteiger partial charge in [0.05, 0.1) is 21.5 Å². The van der Waals surface area contributed by atoms with Crippen LogP contribution in [0.5, 0.6) is 0 Å². The maximum atomic E-state index is 9.87. The van der Waals surface area contributed by atoms with Crippen LogP contribution in [-0.4, -0.2) is 5.11 Å². The van der Waals surface area contributed by atoms with Crippen LogP contribution in [0.15, 0.2) is 34.5 Å². The summed E-state index contributed by atoms with van der Waals surface area (Å²) >= 11 is 3.90. The van der Waals surface area contributed by atoms with Crippen molar-refractivity contribution < 1.29 is 9.52 Å². The van der Waals surface area contributed by atoms with Crippen LogP contribution in [0.1, 0.15) is 17.2 Å². The molecule has 0 aliphatic rings. The molecular formula is C10H9IO2S. The molecule has 2 aromatic rings. The van der Waals surface area contributed by atoms with Crippen molar-refractivity contribution in [1.29, 1.82) is 0 Å². The maximum absolute atomic E-state index is 9.87. The van der Waals surface area contributed by atoms with Crippen molar-refractivity contribution in [3.05, 3.63) is 44.0 Å². The molecule has 0 bridgehead atoms. The van der Waals surface area contributed by atoms with Crippen molar-refractivity contribution in [2.75, 3.05) is 0 Å². The van der Waals surface area contributed by atoms with Crippen molar-refractivity contribution in [2.24, 2.45) is 0 Å². The molecule has 0 spiro atoms. The predicted octanol–water partition coefficient (Wildman–Crippen LogP) is 3.22. The molecule has 74 valence electrons. The molecule has 1 N–H and O–H groups in total. The third kappa shape index (κ3) is 2.37. The second-order valence-electron chi connectivity index (χ2n) is 3.04. The third-order valence-electron chi connectivity index (χ3n) is 1.98. The molecule has 0 saturated carbocycles. The van der Waals surface area contributed by atoms with Crippen LogP contribution in [0.25, 0.3) is 0 Å². The lowest BCUT2D eigenvalue weighted by Crippen LogP contribution is -1.98. The Morgan fingerprint density at radius 2 is 2.43 bits per heavy atom. The Morgan fingerprint density at radius 3 is 3.00 bits per heavy atom. The van der Waals surface area contributed by atoms with Gasteiger partial charge in [-0.1, -0.05) is 0 Å². The van der Waals surface area contributed by atoms with Crippen molar-refractivity contribution in [2.45, 2.75) is 12.5 Å². The highest BCUT2D eigenvalue weighted by molar-refractivity contribution is 14.1. The number of rotatable bonds is 3. The van der Waals surface area contributed by atoms with Gasteiger partial charge in [-0.25, -0.2) is 0 Å². The van der Waals surface area contributed by atoms with E-state index >= 15 is 0 Å². The van der Waals surface area contributed by atoms with Crippen LogP contribution in [0.4, 0.5) is 0 Å². The van der Waals surface area contributed by atoms with Gasteiger partial charge in [0.15, 0.2) is 0 Å². The molecule has 2 aromatic heterocycles. The quantitative estimate of drug-likeness (QED) is 0.881. The fourth-order valence-electron chi connectivity index (χ4n) is 1.25. The van der Waals surface area contributed by atoms with Crippen LogP contribution >= 0.6 is 33.9 Å². The standard InChI is InChI=1S/C10H9IO2S/c11-10-4-8(6-14-10)9(12)3-7-1-2-13-5-7/h1-2,4-6,9,12H,3H2. The van der Waals surface area contributed by atoms with Gasteiger partial charge in [-0.15, -0.1) is 11.3 Å². The van der Waals surface area contributed by atoms with Gasteiger partial charge in [0.1, 0.15) is 0 Å². The Balaban J connectivity index is 2.06. The van der Waals surface area contributed by atoms with Gasteiger partial charge in [0.25, 0.3) is 0 Å². The van der Waals surface area contributed by atoms with E-state index in [0.717, 1.165) is 11.1 Å². The highest BCUT2D eigenvalue weighted by Crippen LogP contribution is 2.24. The number of hydrogen-bond donors (Lipinski definition) is 1. The van der Waals surface area contributed by atoms with Gasteiger partial charge in [-0.3, -0.25) is 0 Å². The van der Waals surface area contributed by atoms with Crippen molar-refractivity contribution in [3.8, 4) is 0 Å². The summed E-state index contributed by atoms with van der Waals surface area (Å²) in [5.41, 5.74) is 2.01. The fourth-order valence-corrected chi connectivity index (χ4v) is 2.67. The summed E-state index contributed by atoms with van der Waals surface area (Å²) in [6, 6.07) is 3.89. The fraction of sp³-hybridized carbons (Fsp3) is 0.200. The molecule has 2 nitrogen and oxygen atoms in total. The number of hydrogen-bond acceptors (Lipinski definition) is 3. The van der Waals surface area contributed by atoms with E-state index in [1.807, 2.05) is 17.5 Å². The molecule has 0 radical (unpaired) electrons. The molecule has 1 unspecified atom stereocenters. The molecular weight excluding hydrogens is 311 g/mol. The van der Waals surface area contributed by atoms with Crippen LogP contribution in [0, 0.1) is 2.88 Å². The summed E-state index contributed by atoms with van der Waals surface area (Å²) in [5, 5.41) is 11.9. The smallest absolute Gasteiger partial charge is 0.0935 e. The Labute approximate surface area is 99.7 Å². The van der Waals surface area contributed by atoms with Crippen LogP contribution in [-0.2, 0) is 6.42 Å². The highest BCUT2D eigenvalue weighted by atomic mass is 127. The lowest BCUT2D eigenvalue weighted by atomic mass is 10.1. The Hall–Kier alpha value is -0.330. The lowest BCUT2D eigenvalue weighted by molar-refractivity contribution is 0.178. The minimum atomic E-state index is -0.424. The molecule has 2 rings (SSSR count). The van der Waals surface area contributed by atoms with E-state index < -0.39 is 6.10 Å². The average Bonchev–Trinajstić information content (AvgIpc) is 2.75. The summed E-state index contributed by atoms with van der Waals surface area (Å²) in [5.74, 6) is 0. The van der Waals surface area contributed by atoms with Gasteiger partial charge in [0.2, 0.25) is 0 Å². The van der Waals surface area contributed by atoms with E-state index in [1.165, 1.54) is 2.88 Å². The summed E-state index contributed by atoms with van der Waals surface area (Å²) in [6.45, 7) is 0. The molecule has 0 aliphatic carbocycles. The highest BCUT2D eigenvalue weighted by Gasteiger charge is 2.10. The first kappa shape index (κ1) is 10.2. The van der Waals surface area contributed by atoms with Gasteiger partial charge in [-0.05, 0) is 51.2 Å². The molecule has 2 heterocycles. The molecule has 0 saturated heterocycles. The zero-order chi connectivity index (χ0) is 9.97. The number of aliphatic hydroxyl groups excluding tert-OH is 1. The number of thiophene rings is 1. The zero-order valence-electron chi connectivity index (χ0n) is 7.31. The zero-order valence-corrected chi connectivity index (χ0v) is 10.3. The monoisotopic (exact) mass is 320 g/mol. The molecule has 14 heavy (non-hydrogen) atoms. The summed E-state index contributed by atoms with van der Waals surface area (Å²) < 4.78 is 6.14. The third-order valence-corrected chi connectivity index (χ3v) is 3.79. The second-order valence-corrected chi connectivity index (χ2v) is 5.84. The van der Waals surface area contributed by atoms with Crippen LogP contribution < -0.4 is 0 Å². The van der Waals surface area contributed by atoms with Crippen LogP contribution in [0.3, 0.4) is 0 Å². The molecule has 1 atom stereocenters. The van der Waals surface area contributed by atoms with E-state index in [4.69, 9.17) is 4.42 Å². The van der Waals surface area contributed by atoms with E-state index in [0.29, 0.717) is 6.42 Å². The van der Waals surface area contributed by atoms with E-state index in [2.05, 4.69) is 22.6 Å². The number of aliphatic hydroxyl groups is 1. The van der Waals surface area contributed by atoms with Crippen molar-refractivity contribution >= 4 is 33.9 Å². The maximum Gasteiger partial charge on any atom is 0.0935 e. The van der Waals surface area contributed by atoms with Crippen molar-refractivity contribution in [1.82, 2.24) is 0 Å². The first-order valence-corrected chi connectivity index (χ1v) is 6.14. The Bertz CT molecular complexity index is 394. The SMILES string of the molecule is OC(Cc1ccoc1)c1csc(I)c1. The van der Waals surface area contributed by atoms with Crippen molar-refractivity contribution in [3.63, 3.8) is 0 Å². The molecule has 0 aliphatic heterocycles. The first-order chi connectivity index (χ1) is 6.75. The summed E-state index contributed by atoms with van der Waals surface area (Å²) in [4.78, 5) is 0. The topological polar surface area (TPSA) is 33.4 Å². The van der Waals surface area contributed by atoms with E-state index in [-0.39, 0.29) is 0 Å². The Morgan fingerprint density at radius 1 is 1.57 bits per heavy atom. The lowest BCUT2D eigenvalue weighted by Gasteiger charge is -2.05. The van der Waals surface area contributed by atoms with Gasteiger partial charge < -0.3 is 9.52 Å². The summed E-state index contributed by atoms with van der Waals surface area (Å²) in [6.07, 6.45) is 3.48. The summed E-state index contributed by atoms with van der Waals surface area (Å²) in [7, 11) is 0. The Kier molecular flexibility index (Phi) is 3.25. The molecule has 4 heteroatoms. The number of furan rings is 1. The van der Waals surface area contributed by atoms with Gasteiger partial charge in [-0.2, -0.15) is 0 Å². The average molecular weight is 320 g/mol. The van der Waals surface area contributed by atoms with E-state index in [1.54, 1.807) is 23.9 Å². The number of halogens is 1. The van der Waals surface area contributed by atoms with Gasteiger partial charge in [0, 0.05) is 6.42 Å². The minimum Gasteiger partial charge on any atom is -0.472 e. The molecule has 0 fully saturated rings. The van der Waals surface area contributed by atoms with Crippen LogP contribution in [0.2, 0.25) is 0 Å². The predicted molar refractivity (Wildman–Crippen MR) is 64.4 cm³/mol. The largest absolute Gasteiger partial charge is 0.472 e.